The van der Waals surface area contributed by atoms with Crippen LogP contribution in [0.1, 0.15) is 0 Å². The van der Waals surface area contributed by atoms with Gasteiger partial charge in [-0.15, -0.1) is 0 Å². The third-order valence-electron chi connectivity index (χ3n) is 0.709. The average molecular weight is 166 g/mol. The summed E-state index contributed by atoms with van der Waals surface area (Å²) in [4.78, 5) is 12.9. The van der Waals surface area contributed by atoms with Gasteiger partial charge >= 0.3 is 6.18 Å². The highest BCUT2D eigenvalue weighted by Crippen LogP contribution is 2.11. The molecule has 0 aliphatic rings. The van der Waals surface area contributed by atoms with Gasteiger partial charge in [0.2, 0.25) is 0 Å². The van der Waals surface area contributed by atoms with Crippen LogP contribution in [0.5, 0.6) is 0 Å². The fourth-order valence-corrected chi connectivity index (χ4v) is 0.327. The highest BCUT2D eigenvalue weighted by Gasteiger charge is 2.27. The summed E-state index contributed by atoms with van der Waals surface area (Å²) in [5, 5.41) is 1.55. The quantitative estimate of drug-likeness (QED) is 0.598. The smallest absolute Gasteiger partial charge is 0.341 e. The molecule has 62 valence electrons. The minimum atomic E-state index is -4.41. The van der Waals surface area contributed by atoms with Crippen molar-refractivity contribution in [1.29, 1.82) is 0 Å². The molecular weight excluding hydrogens is 161 g/mol. The minimum Gasteiger partial charge on any atom is -0.341 e. The van der Waals surface area contributed by atoms with Crippen molar-refractivity contribution >= 4 is 5.91 Å². The fraction of sp³-hybridized carbons (Fsp3) is 0.600. The zero-order chi connectivity index (χ0) is 8.91. The molecule has 0 aromatic heterocycles. The Morgan fingerprint density at radius 3 is 2.45 bits per heavy atom. The maximum Gasteiger partial charge on any atom is 0.405 e. The number of nitrogens with one attached hydrogen (secondary N) is 1. The van der Waals surface area contributed by atoms with Crippen LogP contribution in [0.3, 0.4) is 0 Å². The van der Waals surface area contributed by atoms with Crippen molar-refractivity contribution < 1.29 is 18.0 Å². The second kappa shape index (κ2) is 3.81. The normalized spacial score (nSPS) is 10.4. The van der Waals surface area contributed by atoms with Gasteiger partial charge in [0, 0.05) is 0 Å². The molecule has 0 aliphatic carbocycles. The van der Waals surface area contributed by atoms with Crippen molar-refractivity contribution in [2.24, 2.45) is 0 Å². The van der Waals surface area contributed by atoms with Gasteiger partial charge in [0.05, 0.1) is 0 Å². The predicted octanol–water partition coefficient (Wildman–Crippen LogP) is 0.584. The molecule has 0 saturated heterocycles. The van der Waals surface area contributed by atoms with Gasteiger partial charge in [0.15, 0.2) is 0 Å². The molecule has 0 radical (unpaired) electrons. The summed E-state index contributed by atoms with van der Waals surface area (Å²) < 4.78 is 34.1. The van der Waals surface area contributed by atoms with Gasteiger partial charge in [-0.05, 0) is 0 Å². The Bertz CT molecular complexity index is 181. The first-order valence-corrected chi connectivity index (χ1v) is 2.62. The first-order valence-electron chi connectivity index (χ1n) is 2.62. The summed E-state index contributed by atoms with van der Waals surface area (Å²) >= 11 is 0. The lowest BCUT2D eigenvalue weighted by molar-refractivity contribution is -0.137. The molecule has 11 heavy (non-hydrogen) atoms. The van der Waals surface area contributed by atoms with E-state index in [9.17, 15) is 18.0 Å². The van der Waals surface area contributed by atoms with Gasteiger partial charge in [-0.2, -0.15) is 13.2 Å². The third kappa shape index (κ3) is 6.64. The average Bonchev–Trinajstić information content (AvgIpc) is 1.83. The molecule has 1 N–H and O–H groups in total. The second-order valence-corrected chi connectivity index (χ2v) is 1.71. The summed E-state index contributed by atoms with van der Waals surface area (Å²) in [7, 11) is 0. The topological polar surface area (TPSA) is 33.5 Å². The summed E-state index contributed by atoms with van der Waals surface area (Å²) in [6.45, 7) is 4.22. The highest BCUT2D eigenvalue weighted by atomic mass is 19.4. The van der Waals surface area contributed by atoms with Crippen molar-refractivity contribution in [3.05, 3.63) is 11.4 Å². The minimum absolute atomic E-state index is 0.559. The van der Waals surface area contributed by atoms with Crippen LogP contribution in [0.15, 0.2) is 0 Å². The van der Waals surface area contributed by atoms with Crippen LogP contribution in [0.4, 0.5) is 13.2 Å². The summed E-state index contributed by atoms with van der Waals surface area (Å²) in [6, 6.07) is 0. The molecule has 0 aliphatic heterocycles. The van der Waals surface area contributed by atoms with Crippen molar-refractivity contribution in [3.63, 3.8) is 0 Å². The van der Waals surface area contributed by atoms with E-state index in [0.29, 0.717) is 0 Å². The summed E-state index contributed by atoms with van der Waals surface area (Å²) in [5.74, 6) is -0.905. The maximum absolute atomic E-state index is 11.4. The molecule has 0 saturated carbocycles. The molecular formula is C5H5F3N2O. The molecule has 0 rings (SSSR count). The lowest BCUT2D eigenvalue weighted by Gasteiger charge is -2.04. The van der Waals surface area contributed by atoms with Crippen LogP contribution >= 0.6 is 0 Å². The van der Waals surface area contributed by atoms with E-state index in [1.807, 2.05) is 0 Å². The van der Waals surface area contributed by atoms with Gasteiger partial charge in [0.1, 0.15) is 6.54 Å². The van der Waals surface area contributed by atoms with Crippen LogP contribution in [0.2, 0.25) is 0 Å². The zero-order valence-corrected chi connectivity index (χ0v) is 5.40. The molecule has 3 nitrogen and oxygen atoms in total. The third-order valence-corrected chi connectivity index (χ3v) is 0.709. The van der Waals surface area contributed by atoms with Crippen molar-refractivity contribution in [1.82, 2.24) is 5.32 Å². The number of rotatable bonds is 2. The van der Waals surface area contributed by atoms with Crippen LogP contribution in [-0.4, -0.2) is 25.2 Å². The van der Waals surface area contributed by atoms with E-state index < -0.39 is 25.2 Å². The van der Waals surface area contributed by atoms with Crippen molar-refractivity contribution in [3.8, 4) is 0 Å². The number of carbonyl (C=O) groups is 1. The molecule has 0 heterocycles. The van der Waals surface area contributed by atoms with E-state index >= 15 is 0 Å². The Kier molecular flexibility index (Phi) is 3.37. The standard InChI is InChI=1S/C5H5F3N2O/c1-9-2-4(11)10-3-5(6,7)8/h2-3H2,(H,10,11). The molecule has 0 unspecified atom stereocenters. The molecule has 0 atom stereocenters. The molecule has 0 aromatic carbocycles. The summed E-state index contributed by atoms with van der Waals surface area (Å²) in [5.41, 5.74) is 0. The highest BCUT2D eigenvalue weighted by molar-refractivity contribution is 5.79. The predicted molar refractivity (Wildman–Crippen MR) is 30.5 cm³/mol. The second-order valence-electron chi connectivity index (χ2n) is 1.71. The Hall–Kier alpha value is -1.25. The molecule has 6 heteroatoms. The Morgan fingerprint density at radius 2 is 2.09 bits per heavy atom. The Morgan fingerprint density at radius 1 is 1.55 bits per heavy atom. The number of hydrogen-bond donors (Lipinski definition) is 1. The number of alkyl halides is 3. The Balaban J connectivity index is 3.57. The fourth-order valence-electron chi connectivity index (χ4n) is 0.327. The van der Waals surface area contributed by atoms with Crippen LogP contribution in [0.25, 0.3) is 4.85 Å². The number of hydrogen-bond acceptors (Lipinski definition) is 1. The van der Waals surface area contributed by atoms with Crippen molar-refractivity contribution in [2.75, 3.05) is 13.1 Å². The van der Waals surface area contributed by atoms with E-state index in [4.69, 9.17) is 6.57 Å². The van der Waals surface area contributed by atoms with Crippen LogP contribution in [-0.2, 0) is 4.79 Å². The first-order chi connectivity index (χ1) is 4.95. The first kappa shape index (κ1) is 9.75. The van der Waals surface area contributed by atoms with Gasteiger partial charge in [0.25, 0.3) is 12.5 Å². The van der Waals surface area contributed by atoms with Crippen LogP contribution in [0, 0.1) is 6.57 Å². The van der Waals surface area contributed by atoms with E-state index in [1.165, 1.54) is 0 Å². The van der Waals surface area contributed by atoms with Crippen molar-refractivity contribution in [2.45, 2.75) is 6.18 Å². The van der Waals surface area contributed by atoms with Gasteiger partial charge in [-0.1, -0.05) is 0 Å². The van der Waals surface area contributed by atoms with E-state index in [2.05, 4.69) is 4.85 Å². The number of carbonyl (C=O) groups excluding carboxylic acids is 1. The molecule has 1 amide bonds. The maximum atomic E-state index is 11.4. The molecule has 0 spiro atoms. The molecule has 0 bridgehead atoms. The molecule has 0 fully saturated rings. The van der Waals surface area contributed by atoms with Gasteiger partial charge in [-0.3, -0.25) is 4.79 Å². The van der Waals surface area contributed by atoms with Gasteiger partial charge in [-0.25, -0.2) is 6.57 Å². The monoisotopic (exact) mass is 166 g/mol. The van der Waals surface area contributed by atoms with E-state index in [-0.39, 0.29) is 0 Å². The number of nitrogens with zero attached hydrogens (tertiary/aromatic N) is 1. The van der Waals surface area contributed by atoms with E-state index in [0.717, 1.165) is 0 Å². The largest absolute Gasteiger partial charge is 0.405 e. The van der Waals surface area contributed by atoms with E-state index in [1.54, 1.807) is 5.32 Å². The zero-order valence-electron chi connectivity index (χ0n) is 5.40. The van der Waals surface area contributed by atoms with Crippen LogP contribution < -0.4 is 5.32 Å². The lowest BCUT2D eigenvalue weighted by Crippen LogP contribution is -2.34. The Labute approximate surface area is 61.0 Å². The molecule has 0 aromatic rings. The number of amides is 1. The summed E-state index contributed by atoms with van der Waals surface area (Å²) in [6.07, 6.45) is -4.41. The van der Waals surface area contributed by atoms with Gasteiger partial charge < -0.3 is 10.2 Å². The lowest BCUT2D eigenvalue weighted by atomic mass is 10.5. The number of halogens is 3. The SMILES string of the molecule is [C-]#[N+]CC(=O)NCC(F)(F)F.